The summed E-state index contributed by atoms with van der Waals surface area (Å²) in [5.74, 6) is 5.75. The van der Waals surface area contributed by atoms with Gasteiger partial charge in [-0.05, 0) is 30.7 Å². The maximum atomic E-state index is 5.75. The van der Waals surface area contributed by atoms with Gasteiger partial charge in [0.05, 0.1) is 17.3 Å². The molecule has 0 fully saturated rings. The molecule has 0 bridgehead atoms. The van der Waals surface area contributed by atoms with Gasteiger partial charge in [0, 0.05) is 30.7 Å². The highest BCUT2D eigenvalue weighted by Crippen LogP contribution is 2.23. The molecule has 3 N–H and O–H groups in total. The second-order valence-corrected chi connectivity index (χ2v) is 5.24. The summed E-state index contributed by atoms with van der Waals surface area (Å²) in [6, 6.07) is 12.3. The van der Waals surface area contributed by atoms with Crippen molar-refractivity contribution >= 4 is 10.9 Å². The van der Waals surface area contributed by atoms with Crippen molar-refractivity contribution in [3.05, 3.63) is 59.5 Å². The number of hydrogen-bond donors (Lipinski definition) is 2. The third kappa shape index (κ3) is 2.66. The molecule has 5 nitrogen and oxygen atoms in total. The van der Waals surface area contributed by atoms with Crippen LogP contribution < -0.4 is 11.3 Å². The van der Waals surface area contributed by atoms with Crippen molar-refractivity contribution in [1.29, 1.82) is 0 Å². The van der Waals surface area contributed by atoms with Gasteiger partial charge in [0.2, 0.25) is 0 Å². The lowest BCUT2D eigenvalue weighted by molar-refractivity contribution is 0.542. The normalized spacial score (nSPS) is 12.7. The van der Waals surface area contributed by atoms with Crippen LogP contribution in [0.5, 0.6) is 0 Å². The van der Waals surface area contributed by atoms with Gasteiger partial charge in [-0.15, -0.1) is 0 Å². The van der Waals surface area contributed by atoms with Gasteiger partial charge < -0.3 is 0 Å². The molecule has 108 valence electrons. The SMILES string of the molecule is Cc1cc(C(Cc2nn(C)c3ccccc23)NN)ccn1. The van der Waals surface area contributed by atoms with E-state index < -0.39 is 0 Å². The van der Waals surface area contributed by atoms with Crippen LogP contribution in [0.2, 0.25) is 0 Å². The highest BCUT2D eigenvalue weighted by atomic mass is 15.3. The zero-order valence-electron chi connectivity index (χ0n) is 12.2. The van der Waals surface area contributed by atoms with Crippen LogP contribution >= 0.6 is 0 Å². The van der Waals surface area contributed by atoms with E-state index in [1.807, 2.05) is 43.0 Å². The molecule has 1 aromatic carbocycles. The smallest absolute Gasteiger partial charge is 0.0722 e. The Balaban J connectivity index is 1.96. The molecule has 0 spiro atoms. The molecule has 21 heavy (non-hydrogen) atoms. The highest BCUT2D eigenvalue weighted by Gasteiger charge is 2.16. The fraction of sp³-hybridized carbons (Fsp3) is 0.250. The van der Waals surface area contributed by atoms with Crippen molar-refractivity contribution in [1.82, 2.24) is 20.2 Å². The van der Waals surface area contributed by atoms with Crippen LogP contribution in [0.1, 0.15) is 23.0 Å². The Labute approximate surface area is 123 Å². The molecule has 0 aliphatic carbocycles. The third-order valence-corrected chi connectivity index (χ3v) is 3.76. The van der Waals surface area contributed by atoms with Crippen molar-refractivity contribution in [3.63, 3.8) is 0 Å². The monoisotopic (exact) mass is 281 g/mol. The Bertz CT molecular complexity index is 762. The van der Waals surface area contributed by atoms with Crippen molar-refractivity contribution in [2.75, 3.05) is 0 Å². The van der Waals surface area contributed by atoms with Gasteiger partial charge in [-0.2, -0.15) is 5.10 Å². The van der Waals surface area contributed by atoms with Crippen LogP contribution in [0.25, 0.3) is 10.9 Å². The van der Waals surface area contributed by atoms with E-state index >= 15 is 0 Å². The molecule has 1 unspecified atom stereocenters. The first kappa shape index (κ1) is 13.7. The summed E-state index contributed by atoms with van der Waals surface area (Å²) in [6.45, 7) is 1.98. The zero-order valence-corrected chi connectivity index (χ0v) is 12.2. The summed E-state index contributed by atoms with van der Waals surface area (Å²) >= 11 is 0. The number of para-hydroxylation sites is 1. The molecule has 0 saturated heterocycles. The van der Waals surface area contributed by atoms with Crippen molar-refractivity contribution < 1.29 is 0 Å². The quantitative estimate of drug-likeness (QED) is 0.567. The fourth-order valence-corrected chi connectivity index (χ4v) is 2.69. The lowest BCUT2D eigenvalue weighted by Gasteiger charge is -2.15. The minimum atomic E-state index is 0.0185. The lowest BCUT2D eigenvalue weighted by atomic mass is 10.0. The summed E-state index contributed by atoms with van der Waals surface area (Å²) < 4.78 is 1.91. The van der Waals surface area contributed by atoms with E-state index in [4.69, 9.17) is 5.84 Å². The van der Waals surface area contributed by atoms with E-state index in [0.717, 1.165) is 28.9 Å². The number of nitrogens with one attached hydrogen (secondary N) is 1. The van der Waals surface area contributed by atoms with E-state index in [2.05, 4.69) is 33.7 Å². The second kappa shape index (κ2) is 5.63. The van der Waals surface area contributed by atoms with Gasteiger partial charge in [-0.1, -0.05) is 18.2 Å². The first-order valence-electron chi connectivity index (χ1n) is 6.98. The minimum absolute atomic E-state index is 0.0185. The van der Waals surface area contributed by atoms with Crippen molar-refractivity contribution in [2.45, 2.75) is 19.4 Å². The number of nitrogens with zero attached hydrogens (tertiary/aromatic N) is 3. The summed E-state index contributed by atoms with van der Waals surface area (Å²) in [5.41, 5.74) is 7.18. The van der Waals surface area contributed by atoms with Crippen LogP contribution in [-0.4, -0.2) is 14.8 Å². The summed E-state index contributed by atoms with van der Waals surface area (Å²) in [5, 5.41) is 5.80. The van der Waals surface area contributed by atoms with Crippen LogP contribution in [0, 0.1) is 6.92 Å². The molecule has 0 aliphatic heterocycles. The van der Waals surface area contributed by atoms with Gasteiger partial charge >= 0.3 is 0 Å². The molecule has 3 aromatic rings. The molecule has 0 aliphatic rings. The number of aryl methyl sites for hydroxylation is 2. The topological polar surface area (TPSA) is 68.8 Å². The molecule has 5 heteroatoms. The van der Waals surface area contributed by atoms with Gasteiger partial charge in [-0.3, -0.25) is 20.9 Å². The molecule has 3 rings (SSSR count). The third-order valence-electron chi connectivity index (χ3n) is 3.76. The summed E-state index contributed by atoms with van der Waals surface area (Å²) in [7, 11) is 1.97. The number of hydrazine groups is 1. The zero-order chi connectivity index (χ0) is 14.8. The Morgan fingerprint density at radius 1 is 1.29 bits per heavy atom. The summed E-state index contributed by atoms with van der Waals surface area (Å²) in [6.07, 6.45) is 2.55. The molecule has 0 amide bonds. The van der Waals surface area contributed by atoms with E-state index in [0.29, 0.717) is 0 Å². The molecule has 2 heterocycles. The van der Waals surface area contributed by atoms with E-state index in [9.17, 15) is 0 Å². The summed E-state index contributed by atoms with van der Waals surface area (Å²) in [4.78, 5) is 4.23. The van der Waals surface area contributed by atoms with Crippen LogP contribution in [0.4, 0.5) is 0 Å². The molecule has 2 aromatic heterocycles. The average molecular weight is 281 g/mol. The van der Waals surface area contributed by atoms with Gasteiger partial charge in [0.15, 0.2) is 0 Å². The lowest BCUT2D eigenvalue weighted by Crippen LogP contribution is -2.29. The first-order chi connectivity index (χ1) is 10.2. The van der Waals surface area contributed by atoms with Crippen LogP contribution in [0.3, 0.4) is 0 Å². The number of pyridine rings is 1. The van der Waals surface area contributed by atoms with Gasteiger partial charge in [0.1, 0.15) is 0 Å². The fourth-order valence-electron chi connectivity index (χ4n) is 2.69. The molecular formula is C16H19N5. The van der Waals surface area contributed by atoms with Crippen molar-refractivity contribution in [3.8, 4) is 0 Å². The minimum Gasteiger partial charge on any atom is -0.271 e. The average Bonchev–Trinajstić information content (AvgIpc) is 2.82. The molecule has 0 saturated carbocycles. The number of rotatable bonds is 4. The number of fused-ring (bicyclic) bond motifs is 1. The molecule has 1 atom stereocenters. The Kier molecular flexibility index (Phi) is 3.68. The molecular weight excluding hydrogens is 262 g/mol. The number of benzene rings is 1. The van der Waals surface area contributed by atoms with E-state index in [1.54, 1.807) is 0 Å². The number of nitrogens with two attached hydrogens (primary N) is 1. The largest absolute Gasteiger partial charge is 0.271 e. The van der Waals surface area contributed by atoms with E-state index in [-0.39, 0.29) is 6.04 Å². The first-order valence-corrected chi connectivity index (χ1v) is 6.98. The van der Waals surface area contributed by atoms with Gasteiger partial charge in [-0.25, -0.2) is 0 Å². The predicted molar refractivity (Wildman–Crippen MR) is 83.5 cm³/mol. The van der Waals surface area contributed by atoms with E-state index in [1.165, 1.54) is 5.39 Å². The molecule has 0 radical (unpaired) electrons. The van der Waals surface area contributed by atoms with Crippen LogP contribution in [-0.2, 0) is 13.5 Å². The van der Waals surface area contributed by atoms with Gasteiger partial charge in [0.25, 0.3) is 0 Å². The Morgan fingerprint density at radius 3 is 2.86 bits per heavy atom. The standard InChI is InChI=1S/C16H19N5/c1-11-9-12(7-8-18-11)14(19-17)10-15-13-5-3-4-6-16(13)21(2)20-15/h3-9,14,19H,10,17H2,1-2H3. The highest BCUT2D eigenvalue weighted by molar-refractivity contribution is 5.81. The van der Waals surface area contributed by atoms with Crippen LogP contribution in [0.15, 0.2) is 42.6 Å². The maximum Gasteiger partial charge on any atom is 0.0722 e. The Morgan fingerprint density at radius 2 is 2.10 bits per heavy atom. The number of aromatic nitrogens is 3. The second-order valence-electron chi connectivity index (χ2n) is 5.24. The van der Waals surface area contributed by atoms with Crippen molar-refractivity contribution in [2.24, 2.45) is 12.9 Å². The maximum absolute atomic E-state index is 5.75. The Hall–Kier alpha value is -2.24. The number of hydrogen-bond acceptors (Lipinski definition) is 4. The predicted octanol–water partition coefficient (Wildman–Crippen LogP) is 2.02.